The van der Waals surface area contributed by atoms with Crippen LogP contribution in [0.25, 0.3) is 10.9 Å². The van der Waals surface area contributed by atoms with Gasteiger partial charge in [-0.25, -0.2) is 0 Å². The van der Waals surface area contributed by atoms with Crippen molar-refractivity contribution in [1.82, 2.24) is 10.3 Å². The number of hydrogen-bond acceptors (Lipinski definition) is 2. The molecule has 0 amide bonds. The number of benzene rings is 1. The van der Waals surface area contributed by atoms with Crippen LogP contribution in [0.2, 0.25) is 0 Å². The lowest BCUT2D eigenvalue weighted by molar-refractivity contribution is 0.612. The van der Waals surface area contributed by atoms with E-state index in [4.69, 9.17) is 0 Å². The number of aromatic nitrogens is 1. The normalized spacial score (nSPS) is 24.4. The van der Waals surface area contributed by atoms with Crippen molar-refractivity contribution < 1.29 is 0 Å². The molecule has 1 fully saturated rings. The summed E-state index contributed by atoms with van der Waals surface area (Å²) >= 11 is 0. The highest BCUT2D eigenvalue weighted by atomic mass is 14.9. The maximum absolute atomic E-state index is 4.54. The second-order valence-corrected chi connectivity index (χ2v) is 5.21. The molecule has 1 aromatic carbocycles. The van der Waals surface area contributed by atoms with Crippen LogP contribution in [-0.2, 0) is 0 Å². The van der Waals surface area contributed by atoms with E-state index < -0.39 is 0 Å². The zero-order chi connectivity index (χ0) is 11.8. The Labute approximate surface area is 102 Å². The first-order valence-corrected chi connectivity index (χ1v) is 6.33. The second-order valence-electron chi connectivity index (χ2n) is 5.21. The van der Waals surface area contributed by atoms with Crippen molar-refractivity contribution >= 4 is 10.9 Å². The van der Waals surface area contributed by atoms with E-state index in [1.54, 1.807) is 0 Å². The Hall–Kier alpha value is -1.41. The zero-order valence-corrected chi connectivity index (χ0v) is 10.4. The number of pyridine rings is 1. The zero-order valence-electron chi connectivity index (χ0n) is 10.4. The lowest BCUT2D eigenvalue weighted by Crippen LogP contribution is -2.13. The number of nitrogens with zero attached hydrogens (tertiary/aromatic N) is 1. The van der Waals surface area contributed by atoms with Crippen LogP contribution >= 0.6 is 0 Å². The smallest absolute Gasteiger partial charge is 0.0705 e. The standard InChI is InChI=1S/C15H18N2/c1-10-7-15(16-9-10)13-5-6-14-12(8-13)4-3-11(2)17-14/h3-6,8,10,15-16H,7,9H2,1-2H3. The minimum Gasteiger partial charge on any atom is -0.310 e. The topological polar surface area (TPSA) is 24.9 Å². The number of aryl methyl sites for hydroxylation is 1. The van der Waals surface area contributed by atoms with Gasteiger partial charge in [-0.15, -0.1) is 0 Å². The summed E-state index contributed by atoms with van der Waals surface area (Å²) in [7, 11) is 0. The fourth-order valence-corrected chi connectivity index (χ4v) is 2.63. The molecular weight excluding hydrogens is 208 g/mol. The average Bonchev–Trinajstić information content (AvgIpc) is 2.75. The molecule has 0 spiro atoms. The predicted molar refractivity (Wildman–Crippen MR) is 71.0 cm³/mol. The summed E-state index contributed by atoms with van der Waals surface area (Å²) in [5, 5.41) is 4.82. The molecule has 2 aromatic rings. The van der Waals surface area contributed by atoms with E-state index in [1.165, 1.54) is 17.4 Å². The molecule has 2 atom stereocenters. The highest BCUT2D eigenvalue weighted by Crippen LogP contribution is 2.28. The van der Waals surface area contributed by atoms with Gasteiger partial charge >= 0.3 is 0 Å². The fraction of sp³-hybridized carbons (Fsp3) is 0.400. The molecule has 2 heteroatoms. The SMILES string of the molecule is Cc1ccc2cc(C3CC(C)CN3)ccc2n1. The van der Waals surface area contributed by atoms with Crippen molar-refractivity contribution in [3.8, 4) is 0 Å². The van der Waals surface area contributed by atoms with Gasteiger partial charge in [-0.3, -0.25) is 4.98 Å². The molecule has 1 aromatic heterocycles. The van der Waals surface area contributed by atoms with Crippen LogP contribution in [0.15, 0.2) is 30.3 Å². The molecule has 1 aliphatic rings. The van der Waals surface area contributed by atoms with Gasteiger partial charge in [0, 0.05) is 17.1 Å². The number of hydrogen-bond donors (Lipinski definition) is 1. The van der Waals surface area contributed by atoms with Crippen LogP contribution in [0.3, 0.4) is 0 Å². The third-order valence-electron chi connectivity index (χ3n) is 3.61. The molecule has 88 valence electrons. The molecule has 2 unspecified atom stereocenters. The van der Waals surface area contributed by atoms with Gasteiger partial charge in [0.1, 0.15) is 0 Å². The Kier molecular flexibility index (Phi) is 2.60. The molecule has 1 saturated heterocycles. The third-order valence-corrected chi connectivity index (χ3v) is 3.61. The van der Waals surface area contributed by atoms with Gasteiger partial charge in [-0.1, -0.05) is 19.1 Å². The molecule has 2 heterocycles. The van der Waals surface area contributed by atoms with Gasteiger partial charge in [0.05, 0.1) is 5.52 Å². The van der Waals surface area contributed by atoms with E-state index in [9.17, 15) is 0 Å². The number of fused-ring (bicyclic) bond motifs is 1. The summed E-state index contributed by atoms with van der Waals surface area (Å²) < 4.78 is 0. The van der Waals surface area contributed by atoms with E-state index in [-0.39, 0.29) is 0 Å². The highest BCUT2D eigenvalue weighted by molar-refractivity contribution is 5.79. The van der Waals surface area contributed by atoms with Gasteiger partial charge in [0.15, 0.2) is 0 Å². The van der Waals surface area contributed by atoms with Gasteiger partial charge in [0.2, 0.25) is 0 Å². The molecule has 3 rings (SSSR count). The summed E-state index contributed by atoms with van der Waals surface area (Å²) in [5.74, 6) is 0.784. The molecule has 0 aliphatic carbocycles. The predicted octanol–water partition coefficient (Wildman–Crippen LogP) is 3.21. The minimum atomic E-state index is 0.524. The van der Waals surface area contributed by atoms with E-state index in [0.717, 1.165) is 23.7 Å². The van der Waals surface area contributed by atoms with Crippen molar-refractivity contribution in [1.29, 1.82) is 0 Å². The summed E-state index contributed by atoms with van der Waals surface area (Å²) in [5.41, 5.74) is 3.57. The van der Waals surface area contributed by atoms with Crippen molar-refractivity contribution in [2.75, 3.05) is 6.54 Å². The van der Waals surface area contributed by atoms with Crippen LogP contribution in [0, 0.1) is 12.8 Å². The fourth-order valence-electron chi connectivity index (χ4n) is 2.63. The molecule has 1 aliphatic heterocycles. The van der Waals surface area contributed by atoms with E-state index >= 15 is 0 Å². The van der Waals surface area contributed by atoms with Crippen LogP contribution in [-0.4, -0.2) is 11.5 Å². The van der Waals surface area contributed by atoms with Crippen LogP contribution < -0.4 is 5.32 Å². The van der Waals surface area contributed by atoms with Crippen molar-refractivity contribution in [3.63, 3.8) is 0 Å². The van der Waals surface area contributed by atoms with E-state index in [0.29, 0.717) is 6.04 Å². The summed E-state index contributed by atoms with van der Waals surface area (Å²) in [6.07, 6.45) is 1.24. The quantitative estimate of drug-likeness (QED) is 0.807. The molecule has 0 saturated carbocycles. The molecular formula is C15H18N2. The minimum absolute atomic E-state index is 0.524. The lowest BCUT2D eigenvalue weighted by Gasteiger charge is -2.11. The Morgan fingerprint density at radius 3 is 2.88 bits per heavy atom. The van der Waals surface area contributed by atoms with Gasteiger partial charge in [-0.2, -0.15) is 0 Å². The Bertz CT molecular complexity index is 548. The van der Waals surface area contributed by atoms with E-state index in [1.807, 2.05) is 6.92 Å². The second kappa shape index (κ2) is 4.11. The van der Waals surface area contributed by atoms with E-state index in [2.05, 4.69) is 47.6 Å². The first-order chi connectivity index (χ1) is 8.22. The first-order valence-electron chi connectivity index (χ1n) is 6.33. The maximum atomic E-state index is 4.54. The monoisotopic (exact) mass is 226 g/mol. The van der Waals surface area contributed by atoms with Gasteiger partial charge in [0.25, 0.3) is 0 Å². The molecule has 0 bridgehead atoms. The average molecular weight is 226 g/mol. The summed E-state index contributed by atoms with van der Waals surface area (Å²) in [6.45, 7) is 5.47. The third kappa shape index (κ3) is 2.05. The Balaban J connectivity index is 1.99. The van der Waals surface area contributed by atoms with Crippen molar-refractivity contribution in [2.45, 2.75) is 26.3 Å². The Morgan fingerprint density at radius 1 is 1.24 bits per heavy atom. The van der Waals surface area contributed by atoms with Gasteiger partial charge < -0.3 is 5.32 Å². The number of nitrogens with one attached hydrogen (secondary N) is 1. The molecule has 2 nitrogen and oxygen atoms in total. The molecule has 0 radical (unpaired) electrons. The van der Waals surface area contributed by atoms with Crippen LogP contribution in [0.4, 0.5) is 0 Å². The highest BCUT2D eigenvalue weighted by Gasteiger charge is 2.21. The first kappa shape index (κ1) is 10.7. The van der Waals surface area contributed by atoms with Crippen molar-refractivity contribution in [2.24, 2.45) is 5.92 Å². The van der Waals surface area contributed by atoms with Crippen molar-refractivity contribution in [3.05, 3.63) is 41.6 Å². The van der Waals surface area contributed by atoms with Gasteiger partial charge in [-0.05, 0) is 49.6 Å². The van der Waals surface area contributed by atoms with Crippen LogP contribution in [0.1, 0.15) is 30.6 Å². The van der Waals surface area contributed by atoms with Crippen LogP contribution in [0.5, 0.6) is 0 Å². The summed E-state index contributed by atoms with van der Waals surface area (Å²) in [6, 6.07) is 11.4. The Morgan fingerprint density at radius 2 is 2.12 bits per heavy atom. The lowest BCUT2D eigenvalue weighted by atomic mass is 9.99. The number of rotatable bonds is 1. The maximum Gasteiger partial charge on any atom is 0.0705 e. The largest absolute Gasteiger partial charge is 0.310 e. The molecule has 17 heavy (non-hydrogen) atoms. The molecule has 1 N–H and O–H groups in total. The summed E-state index contributed by atoms with van der Waals surface area (Å²) in [4.78, 5) is 4.54.